The molecule has 1 aromatic heterocycles. The number of nitrogens with zero attached hydrogens (tertiary/aromatic N) is 3. The summed E-state index contributed by atoms with van der Waals surface area (Å²) in [5.74, 6) is 0. The van der Waals surface area contributed by atoms with Crippen LogP contribution >= 0.6 is 12.2 Å². The van der Waals surface area contributed by atoms with E-state index in [9.17, 15) is 0 Å². The molecule has 0 bridgehead atoms. The number of hydrogen-bond donors (Lipinski definition) is 0. The lowest BCUT2D eigenvalue weighted by atomic mass is 10.5. The van der Waals surface area contributed by atoms with E-state index in [-0.39, 0.29) is 0 Å². The van der Waals surface area contributed by atoms with Gasteiger partial charge < -0.3 is 0 Å². The van der Waals surface area contributed by atoms with Crippen molar-refractivity contribution >= 4 is 17.6 Å². The fourth-order valence-corrected chi connectivity index (χ4v) is 0.439. The Labute approximate surface area is 51.8 Å². The summed E-state index contributed by atoms with van der Waals surface area (Å²) in [6.07, 6.45) is 1.55. The fraction of sp³-hybridized carbons (Fsp3) is 0. The van der Waals surface area contributed by atoms with Gasteiger partial charge in [0.25, 0.3) is 0 Å². The molecular formula is C4H3N3S. The van der Waals surface area contributed by atoms with Crippen molar-refractivity contribution in [3.05, 3.63) is 18.0 Å². The van der Waals surface area contributed by atoms with E-state index < -0.39 is 0 Å². The van der Waals surface area contributed by atoms with Crippen LogP contribution in [0.3, 0.4) is 0 Å². The van der Waals surface area contributed by atoms with Gasteiger partial charge in [-0.3, -0.25) is 0 Å². The van der Waals surface area contributed by atoms with Crippen LogP contribution < -0.4 is 0 Å². The van der Waals surface area contributed by atoms with Gasteiger partial charge in [0.05, 0.1) is 11.9 Å². The second-order valence-corrected chi connectivity index (χ2v) is 1.40. The van der Waals surface area contributed by atoms with Crippen molar-refractivity contribution in [2.45, 2.75) is 0 Å². The van der Waals surface area contributed by atoms with Crippen molar-refractivity contribution in [3.63, 3.8) is 0 Å². The van der Waals surface area contributed by atoms with Gasteiger partial charge in [-0.15, -0.1) is 10.2 Å². The topological polar surface area (TPSA) is 38.7 Å². The maximum Gasteiger partial charge on any atom is 0.0998 e. The summed E-state index contributed by atoms with van der Waals surface area (Å²) in [5, 5.41) is 11.9. The summed E-state index contributed by atoms with van der Waals surface area (Å²) in [7, 11) is 0. The van der Waals surface area contributed by atoms with Gasteiger partial charge in [-0.1, -0.05) is 12.2 Å². The van der Waals surface area contributed by atoms with Crippen LogP contribution in [-0.4, -0.2) is 20.8 Å². The maximum atomic E-state index is 4.56. The minimum Gasteiger partial charge on any atom is -0.139 e. The zero-order valence-electron chi connectivity index (χ0n) is 3.98. The molecule has 0 aliphatic rings. The molecule has 1 heterocycles. The number of hydrogen-bond acceptors (Lipinski definition) is 4. The molecule has 0 fully saturated rings. The standard InChI is InChI=1S/C4H3N3S/c8-3-4-1-2-5-7-6-4/h1-3H. The van der Waals surface area contributed by atoms with Gasteiger partial charge in [0, 0.05) is 5.37 Å². The van der Waals surface area contributed by atoms with Crippen LogP contribution in [0.1, 0.15) is 5.69 Å². The van der Waals surface area contributed by atoms with E-state index in [2.05, 4.69) is 27.6 Å². The normalized spacial score (nSPS) is 8.50. The fourth-order valence-electron chi connectivity index (χ4n) is 0.313. The predicted octanol–water partition coefficient (Wildman–Crippen LogP) is 0.219. The third-order valence-corrected chi connectivity index (χ3v) is 0.886. The lowest BCUT2D eigenvalue weighted by molar-refractivity contribution is 0.861. The van der Waals surface area contributed by atoms with Crippen molar-refractivity contribution in [2.24, 2.45) is 0 Å². The maximum absolute atomic E-state index is 4.56. The SMILES string of the molecule is S=Cc1ccnnn1. The van der Waals surface area contributed by atoms with Crippen LogP contribution in [0.5, 0.6) is 0 Å². The van der Waals surface area contributed by atoms with Crippen LogP contribution in [-0.2, 0) is 0 Å². The molecule has 0 aliphatic heterocycles. The Kier molecular flexibility index (Phi) is 1.58. The second-order valence-electron chi connectivity index (χ2n) is 1.16. The molecule has 0 atom stereocenters. The van der Waals surface area contributed by atoms with Crippen LogP contribution in [0.2, 0.25) is 0 Å². The first-order valence-corrected chi connectivity index (χ1v) is 2.50. The van der Waals surface area contributed by atoms with Gasteiger partial charge in [-0.05, 0) is 11.3 Å². The Morgan fingerprint density at radius 2 is 2.50 bits per heavy atom. The number of rotatable bonds is 1. The molecule has 0 radical (unpaired) electrons. The molecule has 0 spiro atoms. The van der Waals surface area contributed by atoms with E-state index in [4.69, 9.17) is 0 Å². The van der Waals surface area contributed by atoms with E-state index in [0.717, 1.165) is 0 Å². The smallest absolute Gasteiger partial charge is 0.0998 e. The average molecular weight is 125 g/mol. The van der Waals surface area contributed by atoms with Crippen molar-refractivity contribution in [1.82, 2.24) is 15.4 Å². The van der Waals surface area contributed by atoms with Crippen LogP contribution in [0.15, 0.2) is 12.3 Å². The monoisotopic (exact) mass is 125 g/mol. The summed E-state index contributed by atoms with van der Waals surface area (Å²) >= 11 is 4.56. The molecule has 0 saturated heterocycles. The molecule has 40 valence electrons. The van der Waals surface area contributed by atoms with E-state index in [1.54, 1.807) is 12.3 Å². The Morgan fingerprint density at radius 1 is 1.62 bits per heavy atom. The van der Waals surface area contributed by atoms with Gasteiger partial charge in [0.15, 0.2) is 0 Å². The predicted molar refractivity (Wildman–Crippen MR) is 32.6 cm³/mol. The summed E-state index contributed by atoms with van der Waals surface area (Å²) < 4.78 is 0. The largest absolute Gasteiger partial charge is 0.139 e. The number of thiocarbonyl (C=S) groups is 1. The molecule has 0 saturated carbocycles. The van der Waals surface area contributed by atoms with E-state index in [1.807, 2.05) is 0 Å². The second kappa shape index (κ2) is 2.42. The average Bonchev–Trinajstić information content (AvgIpc) is 1.90. The highest BCUT2D eigenvalue weighted by Crippen LogP contribution is 1.80. The zero-order valence-corrected chi connectivity index (χ0v) is 4.80. The highest BCUT2D eigenvalue weighted by molar-refractivity contribution is 7.79. The summed E-state index contributed by atoms with van der Waals surface area (Å²) in [6, 6.07) is 1.69. The van der Waals surface area contributed by atoms with Crippen molar-refractivity contribution < 1.29 is 0 Å². The van der Waals surface area contributed by atoms with E-state index >= 15 is 0 Å². The van der Waals surface area contributed by atoms with Gasteiger partial charge in [0.1, 0.15) is 0 Å². The minimum atomic E-state index is 0.676. The van der Waals surface area contributed by atoms with Crippen LogP contribution in [0.4, 0.5) is 0 Å². The third-order valence-electron chi connectivity index (χ3n) is 0.645. The molecule has 0 N–H and O–H groups in total. The molecule has 0 aliphatic carbocycles. The van der Waals surface area contributed by atoms with E-state index in [0.29, 0.717) is 5.69 Å². The highest BCUT2D eigenvalue weighted by atomic mass is 32.1. The molecule has 8 heavy (non-hydrogen) atoms. The first-order chi connectivity index (χ1) is 3.93. The molecule has 3 nitrogen and oxygen atoms in total. The zero-order chi connectivity index (χ0) is 5.82. The Hall–Kier alpha value is -0.900. The van der Waals surface area contributed by atoms with Gasteiger partial charge >= 0.3 is 0 Å². The van der Waals surface area contributed by atoms with Gasteiger partial charge in [0.2, 0.25) is 0 Å². The van der Waals surface area contributed by atoms with Gasteiger partial charge in [-0.25, -0.2) is 0 Å². The molecule has 4 heteroatoms. The quantitative estimate of drug-likeness (QED) is 0.503. The van der Waals surface area contributed by atoms with Crippen molar-refractivity contribution in [2.75, 3.05) is 0 Å². The van der Waals surface area contributed by atoms with Gasteiger partial charge in [-0.2, -0.15) is 0 Å². The minimum absolute atomic E-state index is 0.676. The lowest BCUT2D eigenvalue weighted by Crippen LogP contribution is -1.89. The molecule has 0 unspecified atom stereocenters. The number of aromatic nitrogens is 3. The molecular weight excluding hydrogens is 122 g/mol. The van der Waals surface area contributed by atoms with E-state index in [1.165, 1.54) is 5.37 Å². The molecule has 1 rings (SSSR count). The van der Waals surface area contributed by atoms with Crippen LogP contribution in [0, 0.1) is 0 Å². The Bertz CT molecular complexity index is 174. The van der Waals surface area contributed by atoms with Crippen LogP contribution in [0.25, 0.3) is 0 Å². The summed E-state index contributed by atoms with van der Waals surface area (Å²) in [6.45, 7) is 0. The van der Waals surface area contributed by atoms with Crippen molar-refractivity contribution in [1.29, 1.82) is 0 Å². The first-order valence-electron chi connectivity index (χ1n) is 2.03. The lowest BCUT2D eigenvalue weighted by Gasteiger charge is -1.80. The summed E-state index contributed by atoms with van der Waals surface area (Å²) in [4.78, 5) is 0. The third kappa shape index (κ3) is 1.04. The molecule has 0 amide bonds. The highest BCUT2D eigenvalue weighted by Gasteiger charge is 1.81. The Morgan fingerprint density at radius 3 is 2.88 bits per heavy atom. The molecule has 1 aromatic rings. The summed E-state index contributed by atoms with van der Waals surface area (Å²) in [5.41, 5.74) is 0.676. The Balaban J connectivity index is 2.99. The van der Waals surface area contributed by atoms with Crippen molar-refractivity contribution in [3.8, 4) is 0 Å². The first kappa shape index (κ1) is 5.24. The molecule has 0 aromatic carbocycles.